The van der Waals surface area contributed by atoms with Gasteiger partial charge < -0.3 is 0 Å². The van der Waals surface area contributed by atoms with Gasteiger partial charge in [0.2, 0.25) is 0 Å². The van der Waals surface area contributed by atoms with Crippen molar-refractivity contribution < 1.29 is 9.92 Å². The minimum Gasteiger partial charge on any atom is -0.287 e. The lowest BCUT2D eigenvalue weighted by Gasteiger charge is -1.98. The second-order valence-corrected chi connectivity index (χ2v) is 4.79. The van der Waals surface area contributed by atoms with Crippen LogP contribution in [0.3, 0.4) is 0 Å². The van der Waals surface area contributed by atoms with Crippen molar-refractivity contribution in [2.45, 2.75) is 0 Å². The standard InChI is InChI=1S/C13H9Cl2N3O2/c14-11-5-4-9(7-12(11)15)17-13(16)8-2-1-3-10(6-8)18(19)20/h1-7H,(H2,16,17)/p+1. The highest BCUT2D eigenvalue weighted by molar-refractivity contribution is 6.42. The molecule has 0 amide bonds. The predicted octanol–water partition coefficient (Wildman–Crippen LogP) is 2.02. The third kappa shape index (κ3) is 3.26. The summed E-state index contributed by atoms with van der Waals surface area (Å²) in [6.45, 7) is 0. The van der Waals surface area contributed by atoms with E-state index in [1.807, 2.05) is 0 Å². The normalized spacial score (nSPS) is 11.4. The number of rotatable bonds is 3. The second-order valence-electron chi connectivity index (χ2n) is 3.98. The van der Waals surface area contributed by atoms with Crippen LogP contribution in [-0.2, 0) is 0 Å². The first-order valence-electron chi connectivity index (χ1n) is 5.56. The Morgan fingerprint density at radius 2 is 1.90 bits per heavy atom. The van der Waals surface area contributed by atoms with Crippen molar-refractivity contribution in [1.82, 2.24) is 0 Å². The quantitative estimate of drug-likeness (QED) is 0.394. The van der Waals surface area contributed by atoms with E-state index < -0.39 is 4.92 Å². The number of nitrogen functional groups attached to an aromatic ring is 1. The van der Waals surface area contributed by atoms with Crippen molar-refractivity contribution in [3.05, 3.63) is 68.2 Å². The number of halogens is 2. The molecule has 0 aliphatic rings. The summed E-state index contributed by atoms with van der Waals surface area (Å²) in [6.07, 6.45) is 0. The van der Waals surface area contributed by atoms with Crippen LogP contribution in [0.1, 0.15) is 5.56 Å². The molecule has 0 unspecified atom stereocenters. The van der Waals surface area contributed by atoms with Crippen LogP contribution in [0.15, 0.2) is 42.5 Å². The van der Waals surface area contributed by atoms with Gasteiger partial charge in [0.15, 0.2) is 0 Å². The van der Waals surface area contributed by atoms with Gasteiger partial charge in [-0.25, -0.2) is 4.99 Å². The number of hydrogen-bond donors (Lipinski definition) is 2. The molecule has 0 radical (unpaired) electrons. The molecule has 102 valence electrons. The third-order valence-corrected chi connectivity index (χ3v) is 3.31. The fourth-order valence-electron chi connectivity index (χ4n) is 1.59. The maximum absolute atomic E-state index is 10.7. The molecule has 7 heteroatoms. The van der Waals surface area contributed by atoms with Crippen LogP contribution >= 0.6 is 23.2 Å². The first-order valence-corrected chi connectivity index (χ1v) is 6.32. The maximum atomic E-state index is 10.7. The number of nitrogens with two attached hydrogens (primary N) is 1. The van der Waals surface area contributed by atoms with Crippen molar-refractivity contribution in [2.75, 3.05) is 0 Å². The van der Waals surface area contributed by atoms with Gasteiger partial charge >= 0.3 is 0 Å². The zero-order valence-electron chi connectivity index (χ0n) is 10.1. The van der Waals surface area contributed by atoms with Crippen molar-refractivity contribution in [2.24, 2.45) is 5.73 Å². The van der Waals surface area contributed by atoms with Gasteiger partial charge in [0.25, 0.3) is 11.5 Å². The summed E-state index contributed by atoms with van der Waals surface area (Å²) < 4.78 is 0. The number of nitrogens with one attached hydrogen (secondary N) is 1. The van der Waals surface area contributed by atoms with E-state index in [1.54, 1.807) is 30.3 Å². The fraction of sp³-hybridized carbons (Fsp3) is 0. The van der Waals surface area contributed by atoms with Gasteiger partial charge in [-0.05, 0) is 18.2 Å². The van der Waals surface area contributed by atoms with E-state index in [-0.39, 0.29) is 11.5 Å². The Kier molecular flexibility index (Phi) is 4.22. The van der Waals surface area contributed by atoms with Crippen molar-refractivity contribution in [3.63, 3.8) is 0 Å². The molecule has 2 aromatic carbocycles. The predicted molar refractivity (Wildman–Crippen MR) is 78.5 cm³/mol. The molecule has 0 atom stereocenters. The summed E-state index contributed by atoms with van der Waals surface area (Å²) >= 11 is 11.7. The second kappa shape index (κ2) is 5.90. The van der Waals surface area contributed by atoms with E-state index in [4.69, 9.17) is 28.9 Å². The molecular weight excluding hydrogens is 301 g/mol. The highest BCUT2D eigenvalue weighted by Crippen LogP contribution is 2.22. The van der Waals surface area contributed by atoms with Crippen LogP contribution in [-0.4, -0.2) is 10.8 Å². The first kappa shape index (κ1) is 14.3. The van der Waals surface area contributed by atoms with Crippen LogP contribution in [0, 0.1) is 10.1 Å². The molecule has 5 nitrogen and oxygen atoms in total. The Bertz CT molecular complexity index is 702. The summed E-state index contributed by atoms with van der Waals surface area (Å²) in [4.78, 5) is 13.2. The topological polar surface area (TPSA) is 83.1 Å². The summed E-state index contributed by atoms with van der Waals surface area (Å²) in [5.41, 5.74) is 7.03. The number of nitrogens with zero attached hydrogens (tertiary/aromatic N) is 1. The Morgan fingerprint density at radius 3 is 2.55 bits per heavy atom. The number of nitro groups is 1. The Labute approximate surface area is 124 Å². The molecule has 0 aliphatic heterocycles. The molecule has 0 heterocycles. The molecule has 0 bridgehead atoms. The lowest BCUT2D eigenvalue weighted by Crippen LogP contribution is -2.69. The molecule has 2 rings (SSSR count). The van der Waals surface area contributed by atoms with Crippen LogP contribution in [0.2, 0.25) is 10.0 Å². The Hall–Kier alpha value is -2.11. The van der Waals surface area contributed by atoms with Crippen molar-refractivity contribution >= 4 is 40.4 Å². The van der Waals surface area contributed by atoms with E-state index in [0.717, 1.165) is 0 Å². The monoisotopic (exact) mass is 310 g/mol. The van der Waals surface area contributed by atoms with Crippen LogP contribution < -0.4 is 10.7 Å². The summed E-state index contributed by atoms with van der Waals surface area (Å²) in [7, 11) is 0. The van der Waals surface area contributed by atoms with Crippen molar-refractivity contribution in [1.29, 1.82) is 0 Å². The minimum atomic E-state index is -0.476. The molecule has 0 aromatic heterocycles. The molecule has 2 aromatic rings. The molecule has 0 spiro atoms. The van der Waals surface area contributed by atoms with E-state index in [9.17, 15) is 10.1 Å². The number of benzene rings is 2. The van der Waals surface area contributed by atoms with E-state index >= 15 is 0 Å². The lowest BCUT2D eigenvalue weighted by atomic mass is 10.2. The minimum absolute atomic E-state index is 0.0265. The van der Waals surface area contributed by atoms with E-state index in [2.05, 4.69) is 4.99 Å². The van der Waals surface area contributed by atoms with Gasteiger partial charge in [-0.15, -0.1) is 0 Å². The molecule has 20 heavy (non-hydrogen) atoms. The van der Waals surface area contributed by atoms with Gasteiger partial charge in [-0.3, -0.25) is 15.8 Å². The van der Waals surface area contributed by atoms with Gasteiger partial charge in [-0.1, -0.05) is 29.3 Å². The molecule has 3 N–H and O–H groups in total. The van der Waals surface area contributed by atoms with Crippen molar-refractivity contribution in [3.8, 4) is 0 Å². The van der Waals surface area contributed by atoms with Gasteiger partial charge in [0.1, 0.15) is 5.69 Å². The number of non-ortho nitro benzene ring substituents is 1. The fourth-order valence-corrected chi connectivity index (χ4v) is 1.89. The third-order valence-electron chi connectivity index (χ3n) is 2.57. The molecule has 0 fully saturated rings. The average Bonchev–Trinajstić information content (AvgIpc) is 2.43. The average molecular weight is 311 g/mol. The summed E-state index contributed by atoms with van der Waals surface area (Å²) in [6, 6.07) is 11.0. The van der Waals surface area contributed by atoms with Crippen LogP contribution in [0.4, 0.5) is 11.4 Å². The smallest absolute Gasteiger partial charge is 0.278 e. The zero-order valence-corrected chi connectivity index (χ0v) is 11.7. The van der Waals surface area contributed by atoms with Gasteiger partial charge in [0.05, 0.1) is 20.5 Å². The van der Waals surface area contributed by atoms with Crippen LogP contribution in [0.25, 0.3) is 0 Å². The number of amidine groups is 1. The zero-order chi connectivity index (χ0) is 14.7. The Balaban J connectivity index is 2.36. The molecule has 0 saturated carbocycles. The lowest BCUT2D eigenvalue weighted by molar-refractivity contribution is -0.385. The number of nitro benzene ring substituents is 1. The highest BCUT2D eigenvalue weighted by Gasteiger charge is 2.11. The van der Waals surface area contributed by atoms with Gasteiger partial charge in [0, 0.05) is 18.2 Å². The summed E-state index contributed by atoms with van der Waals surface area (Å²) in [5, 5.41) is 11.5. The molecule has 0 aliphatic carbocycles. The maximum Gasteiger partial charge on any atom is 0.278 e. The van der Waals surface area contributed by atoms with Crippen LogP contribution in [0.5, 0.6) is 0 Å². The number of hydrogen-bond acceptors (Lipinski definition) is 2. The van der Waals surface area contributed by atoms with Gasteiger partial charge in [-0.2, -0.15) is 0 Å². The molecular formula is C13H10Cl2N3O2+. The Morgan fingerprint density at radius 1 is 1.15 bits per heavy atom. The highest BCUT2D eigenvalue weighted by atomic mass is 35.5. The van der Waals surface area contributed by atoms with E-state index in [0.29, 0.717) is 21.3 Å². The SMILES string of the molecule is NC(=[NH+]c1ccc(Cl)c(Cl)c1)c1cccc([N+](=O)[O-])c1. The first-order chi connectivity index (χ1) is 9.47. The summed E-state index contributed by atoms with van der Waals surface area (Å²) in [5.74, 6) is 0.284. The van der Waals surface area contributed by atoms with E-state index in [1.165, 1.54) is 12.1 Å². The largest absolute Gasteiger partial charge is 0.287 e. The molecule has 0 saturated heterocycles.